The van der Waals surface area contributed by atoms with Crippen molar-refractivity contribution in [2.75, 3.05) is 53.4 Å². The van der Waals surface area contributed by atoms with Crippen LogP contribution in [0.25, 0.3) is 0 Å². The quantitative estimate of drug-likeness (QED) is 0.545. The van der Waals surface area contributed by atoms with E-state index in [1.807, 2.05) is 13.1 Å². The van der Waals surface area contributed by atoms with Crippen molar-refractivity contribution in [3.8, 4) is 0 Å². The molecule has 1 aromatic heterocycles. The predicted molar refractivity (Wildman–Crippen MR) is 133 cm³/mol. The molecule has 1 N–H and O–H groups in total. The summed E-state index contributed by atoms with van der Waals surface area (Å²) in [6, 6.07) is 2.38. The lowest BCUT2D eigenvalue weighted by Gasteiger charge is -2.38. The number of likely N-dealkylation sites (N-methyl/N-ethyl adjacent to an activating group) is 1. The number of pyridine rings is 1. The maximum atomic E-state index is 13.1. The Morgan fingerprint density at radius 2 is 1.75 bits per heavy atom. The van der Waals surface area contributed by atoms with Crippen molar-refractivity contribution in [2.45, 2.75) is 43.5 Å². The van der Waals surface area contributed by atoms with Crippen LogP contribution in [-0.2, 0) is 24.4 Å². The highest BCUT2D eigenvalue weighted by atomic mass is 32.2. The number of sulfonamides is 1. The third kappa shape index (κ3) is 5.40. The number of hydrogen-bond donors (Lipinski definition) is 1. The van der Waals surface area contributed by atoms with Crippen LogP contribution in [0.4, 0.5) is 0 Å². The molecule has 4 rings (SSSR count). The Bertz CT molecular complexity index is 1070. The molecule has 0 saturated carbocycles. The molecule has 0 aliphatic carbocycles. The average Bonchev–Trinajstić information content (AvgIpc) is 3.18. The lowest BCUT2D eigenvalue weighted by atomic mass is 9.93. The third-order valence-corrected chi connectivity index (χ3v) is 10.1. The summed E-state index contributed by atoms with van der Waals surface area (Å²) in [5, 5.41) is 2.31. The smallest absolute Gasteiger partial charge is 0.244 e. The van der Waals surface area contributed by atoms with E-state index in [-0.39, 0.29) is 24.1 Å². The standard InChI is InChI=1S/C24H36N6O5S/c1-17(26-23(32)20-15-21(31)28(3)22(20)18-5-4-8-25-16-18)24(33)29-9-6-19(7-10-29)36(34,35)30-13-11-27(2)12-14-30/h4-5,8,16-17,19-20,22H,6-7,9-15H2,1-3H3,(H,26,32)/t17-,20-,22+/m0/s1. The van der Waals surface area contributed by atoms with Crippen LogP contribution < -0.4 is 5.32 Å². The Labute approximate surface area is 212 Å². The number of nitrogens with zero attached hydrogens (tertiary/aromatic N) is 5. The maximum Gasteiger partial charge on any atom is 0.244 e. The van der Waals surface area contributed by atoms with Gasteiger partial charge in [0.25, 0.3) is 0 Å². The molecule has 0 unspecified atom stereocenters. The molecule has 36 heavy (non-hydrogen) atoms. The molecule has 12 heteroatoms. The SMILES string of the molecule is C[C@H](NC(=O)[C@H]1CC(=O)N(C)[C@@H]1c1cccnc1)C(=O)N1CCC(S(=O)(=O)N2CCN(C)CC2)CC1. The topological polar surface area (TPSA) is 123 Å². The third-order valence-electron chi connectivity index (χ3n) is 7.68. The van der Waals surface area contributed by atoms with Gasteiger partial charge in [0, 0.05) is 65.1 Å². The van der Waals surface area contributed by atoms with E-state index in [0.717, 1.165) is 18.7 Å². The average molecular weight is 521 g/mol. The highest BCUT2D eigenvalue weighted by molar-refractivity contribution is 7.89. The molecule has 3 fully saturated rings. The number of hydrogen-bond acceptors (Lipinski definition) is 7. The van der Waals surface area contributed by atoms with Gasteiger partial charge in [0.2, 0.25) is 27.7 Å². The fourth-order valence-electron chi connectivity index (χ4n) is 5.40. The molecule has 0 bridgehead atoms. The Kier molecular flexibility index (Phi) is 7.96. The highest BCUT2D eigenvalue weighted by Crippen LogP contribution is 2.36. The number of aromatic nitrogens is 1. The number of rotatable bonds is 6. The van der Waals surface area contributed by atoms with E-state index in [0.29, 0.717) is 39.0 Å². The van der Waals surface area contributed by atoms with Crippen molar-refractivity contribution in [1.29, 1.82) is 0 Å². The van der Waals surface area contributed by atoms with Gasteiger partial charge in [-0.3, -0.25) is 19.4 Å². The summed E-state index contributed by atoms with van der Waals surface area (Å²) in [4.78, 5) is 48.0. The lowest BCUT2D eigenvalue weighted by molar-refractivity contribution is -0.137. The summed E-state index contributed by atoms with van der Waals surface area (Å²) in [5.41, 5.74) is 0.772. The number of carbonyl (C=O) groups is 3. The molecule has 4 heterocycles. The van der Waals surface area contributed by atoms with Gasteiger partial charge in [-0.15, -0.1) is 0 Å². The first-order valence-corrected chi connectivity index (χ1v) is 14.0. The van der Waals surface area contributed by atoms with Gasteiger partial charge >= 0.3 is 0 Å². The van der Waals surface area contributed by atoms with Crippen LogP contribution in [0.15, 0.2) is 24.5 Å². The second kappa shape index (κ2) is 10.8. The van der Waals surface area contributed by atoms with E-state index in [1.165, 1.54) is 0 Å². The van der Waals surface area contributed by atoms with Gasteiger partial charge < -0.3 is 20.0 Å². The first-order chi connectivity index (χ1) is 17.1. The summed E-state index contributed by atoms with van der Waals surface area (Å²) in [5.74, 6) is -1.35. The van der Waals surface area contributed by atoms with Gasteiger partial charge in [0.15, 0.2) is 0 Å². The van der Waals surface area contributed by atoms with E-state index < -0.39 is 33.3 Å². The minimum atomic E-state index is -3.39. The van der Waals surface area contributed by atoms with Crippen molar-refractivity contribution >= 4 is 27.7 Å². The number of amides is 3. The van der Waals surface area contributed by atoms with Gasteiger partial charge in [-0.2, -0.15) is 4.31 Å². The minimum absolute atomic E-state index is 0.0678. The molecule has 3 amide bonds. The normalized spacial score (nSPS) is 25.7. The van der Waals surface area contributed by atoms with Gasteiger partial charge in [-0.1, -0.05) is 6.07 Å². The first kappa shape index (κ1) is 26.5. The summed E-state index contributed by atoms with van der Waals surface area (Å²) >= 11 is 0. The zero-order valence-corrected chi connectivity index (χ0v) is 22.0. The second-order valence-corrected chi connectivity index (χ2v) is 12.3. The van der Waals surface area contributed by atoms with E-state index in [1.54, 1.807) is 46.5 Å². The molecular weight excluding hydrogens is 484 g/mol. The predicted octanol–water partition coefficient (Wildman–Crippen LogP) is -0.326. The number of piperidine rings is 1. The van der Waals surface area contributed by atoms with Gasteiger partial charge in [-0.25, -0.2) is 8.42 Å². The summed E-state index contributed by atoms with van der Waals surface area (Å²) in [6.45, 7) is 4.74. The van der Waals surface area contributed by atoms with Gasteiger partial charge in [-0.05, 0) is 38.4 Å². The van der Waals surface area contributed by atoms with E-state index in [9.17, 15) is 22.8 Å². The zero-order chi connectivity index (χ0) is 26.0. The molecule has 11 nitrogen and oxygen atoms in total. The Morgan fingerprint density at radius 3 is 2.36 bits per heavy atom. The van der Waals surface area contributed by atoms with Crippen LogP contribution in [0.2, 0.25) is 0 Å². The molecule has 198 valence electrons. The maximum absolute atomic E-state index is 13.1. The number of likely N-dealkylation sites (tertiary alicyclic amines) is 2. The summed E-state index contributed by atoms with van der Waals surface area (Å²) < 4.78 is 27.7. The van der Waals surface area contributed by atoms with Crippen LogP contribution in [0, 0.1) is 5.92 Å². The molecule has 0 radical (unpaired) electrons. The molecule has 3 aliphatic rings. The summed E-state index contributed by atoms with van der Waals surface area (Å²) in [6.07, 6.45) is 4.11. The fraction of sp³-hybridized carbons (Fsp3) is 0.667. The lowest BCUT2D eigenvalue weighted by Crippen LogP contribution is -2.54. The van der Waals surface area contributed by atoms with Crippen LogP contribution in [0.3, 0.4) is 0 Å². The molecular formula is C24H36N6O5S. The van der Waals surface area contributed by atoms with Crippen LogP contribution in [0.5, 0.6) is 0 Å². The fourth-order valence-corrected chi connectivity index (χ4v) is 7.30. The van der Waals surface area contributed by atoms with Crippen molar-refractivity contribution in [2.24, 2.45) is 5.92 Å². The number of carbonyl (C=O) groups excluding carboxylic acids is 3. The Balaban J connectivity index is 1.33. The molecule has 3 saturated heterocycles. The van der Waals surface area contributed by atoms with Crippen LogP contribution in [0.1, 0.15) is 37.8 Å². The van der Waals surface area contributed by atoms with Crippen molar-refractivity contribution in [3.63, 3.8) is 0 Å². The molecule has 3 aliphatic heterocycles. The van der Waals surface area contributed by atoms with Crippen LogP contribution in [-0.4, -0.2) is 115 Å². The van der Waals surface area contributed by atoms with E-state index in [2.05, 4.69) is 15.2 Å². The first-order valence-electron chi connectivity index (χ1n) is 12.5. The molecule has 0 aromatic carbocycles. The number of nitrogens with one attached hydrogen (secondary N) is 1. The second-order valence-electron chi connectivity index (χ2n) is 10.0. The minimum Gasteiger partial charge on any atom is -0.344 e. The Hall–Kier alpha value is -2.57. The summed E-state index contributed by atoms with van der Waals surface area (Å²) in [7, 11) is 0.257. The van der Waals surface area contributed by atoms with Gasteiger partial charge in [0.05, 0.1) is 17.2 Å². The van der Waals surface area contributed by atoms with E-state index >= 15 is 0 Å². The van der Waals surface area contributed by atoms with Crippen LogP contribution >= 0.6 is 0 Å². The molecule has 1 aromatic rings. The zero-order valence-electron chi connectivity index (χ0n) is 21.2. The largest absolute Gasteiger partial charge is 0.344 e. The Morgan fingerprint density at radius 1 is 1.08 bits per heavy atom. The molecule has 0 spiro atoms. The van der Waals surface area contributed by atoms with Crippen molar-refractivity contribution < 1.29 is 22.8 Å². The highest BCUT2D eigenvalue weighted by Gasteiger charge is 2.44. The van der Waals surface area contributed by atoms with Crippen molar-refractivity contribution in [3.05, 3.63) is 30.1 Å². The van der Waals surface area contributed by atoms with Gasteiger partial charge in [0.1, 0.15) is 6.04 Å². The van der Waals surface area contributed by atoms with E-state index in [4.69, 9.17) is 0 Å². The monoisotopic (exact) mass is 520 g/mol. The van der Waals surface area contributed by atoms with Crippen molar-refractivity contribution in [1.82, 2.24) is 29.3 Å². The number of piperazine rings is 1. The molecule has 3 atom stereocenters.